The fourth-order valence-corrected chi connectivity index (χ4v) is 1.87. The number of nitrogens with two attached hydrogens (primary N) is 1. The third kappa shape index (κ3) is 3.25. The zero-order valence-electron chi connectivity index (χ0n) is 10.7. The van der Waals surface area contributed by atoms with E-state index in [1.165, 1.54) is 6.20 Å². The predicted octanol–water partition coefficient (Wildman–Crippen LogP) is 2.39. The van der Waals surface area contributed by atoms with Crippen LogP contribution in [0.2, 0.25) is 0 Å². The van der Waals surface area contributed by atoms with Gasteiger partial charge in [0.25, 0.3) is 5.91 Å². The third-order valence-corrected chi connectivity index (χ3v) is 3.28. The van der Waals surface area contributed by atoms with Crippen LogP contribution in [0.15, 0.2) is 41.0 Å². The van der Waals surface area contributed by atoms with Gasteiger partial charge >= 0.3 is 0 Å². The first-order valence-corrected chi connectivity index (χ1v) is 6.51. The largest absolute Gasteiger partial charge is 0.497 e. The van der Waals surface area contributed by atoms with E-state index < -0.39 is 0 Å². The summed E-state index contributed by atoms with van der Waals surface area (Å²) >= 11 is 3.37. The summed E-state index contributed by atoms with van der Waals surface area (Å²) in [4.78, 5) is 16.1. The Kier molecular flexibility index (Phi) is 4.54. The first-order valence-electron chi connectivity index (χ1n) is 5.71. The number of nitrogens with zero attached hydrogens (tertiary/aromatic N) is 1. The fraction of sp³-hybridized carbons (Fsp3) is 0.0769. The van der Waals surface area contributed by atoms with Crippen molar-refractivity contribution in [2.75, 3.05) is 17.9 Å². The molecule has 104 valence electrons. The average Bonchev–Trinajstić information content (AvgIpc) is 2.49. The first kappa shape index (κ1) is 14.3. The van der Waals surface area contributed by atoms with Crippen molar-refractivity contribution in [2.24, 2.45) is 5.84 Å². The van der Waals surface area contributed by atoms with E-state index in [4.69, 9.17) is 10.6 Å². The minimum absolute atomic E-state index is 0.290. The Morgan fingerprint density at radius 2 is 2.15 bits per heavy atom. The number of hydrogen-bond donors (Lipinski definition) is 3. The number of carbonyl (C=O) groups is 1. The van der Waals surface area contributed by atoms with Crippen molar-refractivity contribution in [2.45, 2.75) is 0 Å². The number of pyridine rings is 1. The van der Waals surface area contributed by atoms with Crippen molar-refractivity contribution in [1.82, 2.24) is 4.98 Å². The van der Waals surface area contributed by atoms with E-state index in [0.717, 1.165) is 4.47 Å². The van der Waals surface area contributed by atoms with Gasteiger partial charge in [-0.2, -0.15) is 0 Å². The summed E-state index contributed by atoms with van der Waals surface area (Å²) in [6.07, 6.45) is 1.48. The number of benzene rings is 1. The Labute approximate surface area is 124 Å². The molecule has 1 amide bonds. The smallest absolute Gasteiger partial charge is 0.274 e. The average molecular weight is 337 g/mol. The van der Waals surface area contributed by atoms with Gasteiger partial charge in [-0.3, -0.25) is 10.6 Å². The molecule has 0 radical (unpaired) electrons. The van der Waals surface area contributed by atoms with Crippen LogP contribution in [0, 0.1) is 0 Å². The maximum Gasteiger partial charge on any atom is 0.274 e. The summed E-state index contributed by atoms with van der Waals surface area (Å²) < 4.78 is 5.87. The SMILES string of the molecule is COc1ccc(Br)c(NC(=O)c2ccc(NN)cn2)c1. The van der Waals surface area contributed by atoms with Crippen LogP contribution in [-0.4, -0.2) is 18.0 Å². The molecule has 0 saturated carbocycles. The van der Waals surface area contributed by atoms with Crippen molar-refractivity contribution in [1.29, 1.82) is 0 Å². The molecular weight excluding hydrogens is 324 g/mol. The van der Waals surface area contributed by atoms with E-state index in [0.29, 0.717) is 22.8 Å². The normalized spacial score (nSPS) is 9.95. The highest BCUT2D eigenvalue weighted by Gasteiger charge is 2.10. The molecule has 0 bridgehead atoms. The summed E-state index contributed by atoms with van der Waals surface area (Å²) in [7, 11) is 1.56. The number of ether oxygens (including phenoxy) is 1. The van der Waals surface area contributed by atoms with Crippen molar-refractivity contribution >= 4 is 33.2 Å². The topological polar surface area (TPSA) is 89.3 Å². The molecular formula is C13H13BrN4O2. The Morgan fingerprint density at radius 3 is 2.75 bits per heavy atom. The lowest BCUT2D eigenvalue weighted by Crippen LogP contribution is -2.14. The molecule has 0 aliphatic carbocycles. The van der Waals surface area contributed by atoms with E-state index in [-0.39, 0.29) is 5.91 Å². The van der Waals surface area contributed by atoms with E-state index in [9.17, 15) is 4.79 Å². The second-order valence-electron chi connectivity index (χ2n) is 3.88. The van der Waals surface area contributed by atoms with Gasteiger partial charge in [0.15, 0.2) is 0 Å². The molecule has 0 fully saturated rings. The Morgan fingerprint density at radius 1 is 1.35 bits per heavy atom. The van der Waals surface area contributed by atoms with E-state index in [2.05, 4.69) is 31.7 Å². The van der Waals surface area contributed by atoms with Crippen LogP contribution in [-0.2, 0) is 0 Å². The number of anilines is 2. The molecule has 1 aromatic heterocycles. The van der Waals surface area contributed by atoms with Crippen molar-refractivity contribution in [3.8, 4) is 5.75 Å². The lowest BCUT2D eigenvalue weighted by molar-refractivity contribution is 0.102. The summed E-state index contributed by atoms with van der Waals surface area (Å²) in [6, 6.07) is 8.56. The summed E-state index contributed by atoms with van der Waals surface area (Å²) in [5.74, 6) is 5.58. The van der Waals surface area contributed by atoms with Crippen LogP contribution in [0.4, 0.5) is 11.4 Å². The number of halogens is 1. The zero-order valence-corrected chi connectivity index (χ0v) is 12.3. The monoisotopic (exact) mass is 336 g/mol. The third-order valence-electron chi connectivity index (χ3n) is 2.58. The lowest BCUT2D eigenvalue weighted by atomic mass is 10.2. The number of methoxy groups -OCH3 is 1. The molecule has 2 aromatic rings. The van der Waals surface area contributed by atoms with Gasteiger partial charge < -0.3 is 15.5 Å². The molecule has 0 aliphatic heterocycles. The summed E-state index contributed by atoms with van der Waals surface area (Å²) in [5, 5.41) is 2.76. The number of rotatable bonds is 4. The maximum atomic E-state index is 12.1. The van der Waals surface area contributed by atoms with Gasteiger partial charge in [-0.25, -0.2) is 4.98 Å². The van der Waals surface area contributed by atoms with Gasteiger partial charge in [0.2, 0.25) is 0 Å². The molecule has 1 aromatic carbocycles. The second kappa shape index (κ2) is 6.36. The summed E-state index contributed by atoms with van der Waals surface area (Å²) in [5.41, 5.74) is 3.98. The van der Waals surface area contributed by atoms with Crippen LogP contribution in [0.5, 0.6) is 5.75 Å². The molecule has 20 heavy (non-hydrogen) atoms. The van der Waals surface area contributed by atoms with Gasteiger partial charge in [-0.05, 0) is 40.2 Å². The predicted molar refractivity (Wildman–Crippen MR) is 80.7 cm³/mol. The molecule has 6 nitrogen and oxygen atoms in total. The van der Waals surface area contributed by atoms with E-state index in [1.54, 1.807) is 37.4 Å². The van der Waals surface area contributed by atoms with Gasteiger partial charge in [-0.1, -0.05) is 0 Å². The number of hydrazine groups is 1. The van der Waals surface area contributed by atoms with Crippen molar-refractivity contribution < 1.29 is 9.53 Å². The molecule has 0 unspecified atom stereocenters. The van der Waals surface area contributed by atoms with Gasteiger partial charge in [0.05, 0.1) is 24.7 Å². The fourth-order valence-electron chi connectivity index (χ4n) is 1.53. The number of nitrogens with one attached hydrogen (secondary N) is 2. The van der Waals surface area contributed by atoms with Gasteiger partial charge in [-0.15, -0.1) is 0 Å². The minimum Gasteiger partial charge on any atom is -0.497 e. The summed E-state index contributed by atoms with van der Waals surface area (Å²) in [6.45, 7) is 0. The van der Waals surface area contributed by atoms with Crippen molar-refractivity contribution in [3.63, 3.8) is 0 Å². The first-order chi connectivity index (χ1) is 9.63. The van der Waals surface area contributed by atoms with Crippen LogP contribution in [0.25, 0.3) is 0 Å². The molecule has 0 atom stereocenters. The number of carbonyl (C=O) groups excluding carboxylic acids is 1. The van der Waals surface area contributed by atoms with Crippen molar-refractivity contribution in [3.05, 3.63) is 46.7 Å². The molecule has 0 saturated heterocycles. The number of nitrogen functional groups attached to an aromatic ring is 1. The van der Waals surface area contributed by atoms with Crippen LogP contribution < -0.4 is 21.3 Å². The molecule has 0 aliphatic rings. The quantitative estimate of drug-likeness (QED) is 0.589. The van der Waals surface area contributed by atoms with Gasteiger partial charge in [0, 0.05) is 10.5 Å². The van der Waals surface area contributed by atoms with Gasteiger partial charge in [0.1, 0.15) is 11.4 Å². The molecule has 1 heterocycles. The highest BCUT2D eigenvalue weighted by molar-refractivity contribution is 9.10. The number of hydrogen-bond acceptors (Lipinski definition) is 5. The van der Waals surface area contributed by atoms with Crippen LogP contribution in [0.1, 0.15) is 10.5 Å². The van der Waals surface area contributed by atoms with Crippen LogP contribution in [0.3, 0.4) is 0 Å². The Hall–Kier alpha value is -2.12. The Balaban J connectivity index is 2.18. The minimum atomic E-state index is -0.317. The second-order valence-corrected chi connectivity index (χ2v) is 4.73. The maximum absolute atomic E-state index is 12.1. The number of amides is 1. The van der Waals surface area contributed by atoms with E-state index >= 15 is 0 Å². The zero-order chi connectivity index (χ0) is 14.5. The molecule has 7 heteroatoms. The Bertz CT molecular complexity index is 616. The molecule has 2 rings (SSSR count). The highest BCUT2D eigenvalue weighted by Crippen LogP contribution is 2.27. The molecule has 4 N–H and O–H groups in total. The highest BCUT2D eigenvalue weighted by atomic mass is 79.9. The number of aromatic nitrogens is 1. The lowest BCUT2D eigenvalue weighted by Gasteiger charge is -2.09. The standard InChI is InChI=1S/C13H13BrN4O2/c1-20-9-3-4-10(14)12(6-9)17-13(19)11-5-2-8(18-15)7-16-11/h2-7,18H,15H2,1H3,(H,17,19). The van der Waals surface area contributed by atoms with Crippen LogP contribution >= 0.6 is 15.9 Å². The van der Waals surface area contributed by atoms with E-state index in [1.807, 2.05) is 0 Å². The molecule has 0 spiro atoms.